The van der Waals surface area contributed by atoms with Gasteiger partial charge in [0.15, 0.2) is 0 Å². The van der Waals surface area contributed by atoms with Crippen LogP contribution < -0.4 is 0 Å². The molecule has 1 N–H and O–H groups in total. The molecule has 6 heteroatoms. The van der Waals surface area contributed by atoms with Crippen LogP contribution in [0.4, 0.5) is 0 Å². The summed E-state index contributed by atoms with van der Waals surface area (Å²) in [5.41, 5.74) is 0.879. The molecule has 2 rings (SSSR count). The van der Waals surface area contributed by atoms with Gasteiger partial charge >= 0.3 is 0 Å². The topological polar surface area (TPSA) is 62.4 Å². The Bertz CT molecular complexity index is 554. The number of hydrogen-bond acceptors (Lipinski definition) is 5. The molecule has 0 radical (unpaired) electrons. The van der Waals surface area contributed by atoms with Crippen LogP contribution in [-0.4, -0.2) is 39.9 Å². The number of rotatable bonds is 7. The minimum Gasteiger partial charge on any atom is -0.419 e. The predicted octanol–water partition coefficient (Wildman–Crippen LogP) is 2.48. The summed E-state index contributed by atoms with van der Waals surface area (Å²) in [5, 5.41) is 17.1. The lowest BCUT2D eigenvalue weighted by Crippen LogP contribution is -2.26. The molecular weight excluding hydrogens is 322 g/mol. The molecule has 0 unspecified atom stereocenters. The molecule has 2 aromatic rings. The summed E-state index contributed by atoms with van der Waals surface area (Å²) in [5.74, 6) is 1.02. The standard InChI is InChI=1S/C14H16BrN3O2/c1-2-7-18(8-9-19)10-13-16-17-14(20-13)11-3-5-12(15)6-4-11/h2-6,19H,1,7-10H2. The van der Waals surface area contributed by atoms with Crippen molar-refractivity contribution in [3.05, 3.63) is 47.3 Å². The Morgan fingerprint density at radius 1 is 1.30 bits per heavy atom. The first kappa shape index (κ1) is 14.9. The Morgan fingerprint density at radius 3 is 2.70 bits per heavy atom. The zero-order chi connectivity index (χ0) is 14.4. The molecule has 0 spiro atoms. The number of benzene rings is 1. The SMILES string of the molecule is C=CCN(CCO)Cc1nnc(-c2ccc(Br)cc2)o1. The predicted molar refractivity (Wildman–Crippen MR) is 80.0 cm³/mol. The average molecular weight is 338 g/mol. The molecule has 0 bridgehead atoms. The van der Waals surface area contributed by atoms with Crippen LogP contribution in [-0.2, 0) is 6.54 Å². The molecule has 0 fully saturated rings. The Morgan fingerprint density at radius 2 is 2.05 bits per heavy atom. The average Bonchev–Trinajstić information content (AvgIpc) is 2.89. The molecule has 0 aliphatic heterocycles. The largest absolute Gasteiger partial charge is 0.419 e. The van der Waals surface area contributed by atoms with Gasteiger partial charge in [0.2, 0.25) is 11.8 Å². The second-order valence-corrected chi connectivity index (χ2v) is 5.17. The molecule has 0 amide bonds. The monoisotopic (exact) mass is 337 g/mol. The Labute approximate surface area is 126 Å². The van der Waals surface area contributed by atoms with Crippen LogP contribution in [0.15, 0.2) is 45.8 Å². The molecule has 0 atom stereocenters. The normalized spacial score (nSPS) is 10.9. The van der Waals surface area contributed by atoms with E-state index in [1.807, 2.05) is 29.2 Å². The lowest BCUT2D eigenvalue weighted by atomic mass is 10.2. The lowest BCUT2D eigenvalue weighted by molar-refractivity contribution is 0.192. The van der Waals surface area contributed by atoms with Gasteiger partial charge in [-0.25, -0.2) is 0 Å². The van der Waals surface area contributed by atoms with E-state index in [-0.39, 0.29) is 6.61 Å². The highest BCUT2D eigenvalue weighted by molar-refractivity contribution is 9.10. The maximum Gasteiger partial charge on any atom is 0.247 e. The number of hydrogen-bond donors (Lipinski definition) is 1. The van der Waals surface area contributed by atoms with E-state index >= 15 is 0 Å². The molecule has 0 aliphatic rings. The third-order valence-electron chi connectivity index (χ3n) is 2.72. The van der Waals surface area contributed by atoms with Crippen LogP contribution in [0.1, 0.15) is 5.89 Å². The van der Waals surface area contributed by atoms with Gasteiger partial charge in [0.05, 0.1) is 13.2 Å². The van der Waals surface area contributed by atoms with Crippen LogP contribution in [0.25, 0.3) is 11.5 Å². The van der Waals surface area contributed by atoms with Crippen molar-refractivity contribution in [3.8, 4) is 11.5 Å². The number of nitrogens with zero attached hydrogens (tertiary/aromatic N) is 3. The van der Waals surface area contributed by atoms with Gasteiger partial charge in [-0.15, -0.1) is 16.8 Å². The molecule has 1 heterocycles. The zero-order valence-electron chi connectivity index (χ0n) is 11.0. The minimum atomic E-state index is 0.0849. The smallest absolute Gasteiger partial charge is 0.247 e. The van der Waals surface area contributed by atoms with Crippen molar-refractivity contribution >= 4 is 15.9 Å². The zero-order valence-corrected chi connectivity index (χ0v) is 12.6. The van der Waals surface area contributed by atoms with Crippen molar-refractivity contribution in [2.24, 2.45) is 0 Å². The second-order valence-electron chi connectivity index (χ2n) is 4.26. The summed E-state index contributed by atoms with van der Waals surface area (Å²) in [6.07, 6.45) is 1.78. The van der Waals surface area contributed by atoms with E-state index in [2.05, 4.69) is 32.7 Å². The Kier molecular flexibility index (Phi) is 5.46. The second kappa shape index (κ2) is 7.33. The lowest BCUT2D eigenvalue weighted by Gasteiger charge is -2.16. The molecular formula is C14H16BrN3O2. The number of aliphatic hydroxyl groups excluding tert-OH is 1. The highest BCUT2D eigenvalue weighted by Crippen LogP contribution is 2.20. The maximum absolute atomic E-state index is 9.00. The van der Waals surface area contributed by atoms with Gasteiger partial charge in [-0.05, 0) is 24.3 Å². The van der Waals surface area contributed by atoms with Gasteiger partial charge in [-0.2, -0.15) is 0 Å². The third kappa shape index (κ3) is 4.00. The van der Waals surface area contributed by atoms with E-state index < -0.39 is 0 Å². The quantitative estimate of drug-likeness (QED) is 0.786. The van der Waals surface area contributed by atoms with E-state index in [1.54, 1.807) is 6.08 Å². The van der Waals surface area contributed by atoms with Crippen LogP contribution >= 0.6 is 15.9 Å². The van der Waals surface area contributed by atoms with Crippen LogP contribution in [0.3, 0.4) is 0 Å². The number of halogens is 1. The fourth-order valence-corrected chi connectivity index (χ4v) is 2.04. The Balaban J connectivity index is 2.08. The van der Waals surface area contributed by atoms with Crippen LogP contribution in [0, 0.1) is 0 Å². The van der Waals surface area contributed by atoms with Gasteiger partial charge in [-0.1, -0.05) is 22.0 Å². The molecule has 5 nitrogen and oxygen atoms in total. The van der Waals surface area contributed by atoms with Gasteiger partial charge in [0.25, 0.3) is 0 Å². The van der Waals surface area contributed by atoms with Gasteiger partial charge in [0.1, 0.15) is 0 Å². The molecule has 20 heavy (non-hydrogen) atoms. The van der Waals surface area contributed by atoms with E-state index in [9.17, 15) is 0 Å². The summed E-state index contributed by atoms with van der Waals surface area (Å²) in [6, 6.07) is 7.68. The van der Waals surface area contributed by atoms with E-state index in [1.165, 1.54) is 0 Å². The molecule has 0 saturated heterocycles. The molecule has 106 valence electrons. The summed E-state index contributed by atoms with van der Waals surface area (Å²) in [7, 11) is 0. The van der Waals surface area contributed by atoms with Crippen molar-refractivity contribution in [2.75, 3.05) is 19.7 Å². The number of aromatic nitrogens is 2. The molecule has 0 aliphatic carbocycles. The van der Waals surface area contributed by atoms with Crippen molar-refractivity contribution < 1.29 is 9.52 Å². The number of aliphatic hydroxyl groups is 1. The van der Waals surface area contributed by atoms with Crippen LogP contribution in [0.2, 0.25) is 0 Å². The van der Waals surface area contributed by atoms with Gasteiger partial charge in [-0.3, -0.25) is 4.90 Å². The van der Waals surface area contributed by atoms with E-state index in [0.717, 1.165) is 10.0 Å². The van der Waals surface area contributed by atoms with Gasteiger partial charge < -0.3 is 9.52 Å². The third-order valence-corrected chi connectivity index (χ3v) is 3.25. The molecule has 0 saturated carbocycles. The fraction of sp³-hybridized carbons (Fsp3) is 0.286. The first-order chi connectivity index (χ1) is 9.72. The summed E-state index contributed by atoms with van der Waals surface area (Å²) in [4.78, 5) is 1.98. The van der Waals surface area contributed by atoms with Crippen molar-refractivity contribution in [3.63, 3.8) is 0 Å². The maximum atomic E-state index is 9.00. The molecule has 1 aromatic carbocycles. The first-order valence-electron chi connectivity index (χ1n) is 6.25. The summed E-state index contributed by atoms with van der Waals surface area (Å²) >= 11 is 3.38. The highest BCUT2D eigenvalue weighted by atomic mass is 79.9. The molecule has 1 aromatic heterocycles. The minimum absolute atomic E-state index is 0.0849. The van der Waals surface area contributed by atoms with Gasteiger partial charge in [0, 0.05) is 23.1 Å². The first-order valence-corrected chi connectivity index (χ1v) is 7.04. The van der Waals surface area contributed by atoms with E-state index in [0.29, 0.717) is 31.4 Å². The van der Waals surface area contributed by atoms with Crippen molar-refractivity contribution in [1.82, 2.24) is 15.1 Å². The Hall–Kier alpha value is -1.50. The van der Waals surface area contributed by atoms with Crippen molar-refractivity contribution in [1.29, 1.82) is 0 Å². The van der Waals surface area contributed by atoms with Crippen molar-refractivity contribution in [2.45, 2.75) is 6.54 Å². The summed E-state index contributed by atoms with van der Waals surface area (Å²) < 4.78 is 6.64. The van der Waals surface area contributed by atoms with E-state index in [4.69, 9.17) is 9.52 Å². The highest BCUT2D eigenvalue weighted by Gasteiger charge is 2.11. The fourth-order valence-electron chi connectivity index (χ4n) is 1.78. The van der Waals surface area contributed by atoms with Crippen LogP contribution in [0.5, 0.6) is 0 Å². The summed E-state index contributed by atoms with van der Waals surface area (Å²) in [6.45, 7) is 5.48.